The molecule has 0 saturated heterocycles. The molecule has 1 heterocycles. The van der Waals surface area contributed by atoms with Gasteiger partial charge >= 0.3 is 0 Å². The van der Waals surface area contributed by atoms with E-state index in [9.17, 15) is 4.79 Å². The molecule has 1 aromatic rings. The van der Waals surface area contributed by atoms with Crippen molar-refractivity contribution in [2.45, 2.75) is 58.5 Å². The Balaban J connectivity index is 2.19. The maximum Gasteiger partial charge on any atom is 0.270 e. The average molecular weight is 263 g/mol. The summed E-state index contributed by atoms with van der Waals surface area (Å²) in [5.74, 6) is 0.132. The van der Waals surface area contributed by atoms with E-state index in [0.29, 0.717) is 11.7 Å². The highest BCUT2D eigenvalue weighted by Gasteiger charge is 2.26. The molecular weight excluding hydrogens is 238 g/mol. The summed E-state index contributed by atoms with van der Waals surface area (Å²) in [6, 6.07) is 2.21. The highest BCUT2D eigenvalue weighted by Crippen LogP contribution is 2.24. The van der Waals surface area contributed by atoms with E-state index in [0.717, 1.165) is 31.6 Å². The van der Waals surface area contributed by atoms with Gasteiger partial charge in [-0.15, -0.1) is 0 Å². The van der Waals surface area contributed by atoms with E-state index >= 15 is 0 Å². The van der Waals surface area contributed by atoms with Crippen molar-refractivity contribution in [1.82, 2.24) is 9.47 Å². The van der Waals surface area contributed by atoms with Crippen molar-refractivity contribution in [2.24, 2.45) is 0 Å². The number of anilines is 1. The predicted molar refractivity (Wildman–Crippen MR) is 78.1 cm³/mol. The molecule has 1 aromatic heterocycles. The third-order valence-electron chi connectivity index (χ3n) is 4.09. The fraction of sp³-hybridized carbons (Fsp3) is 0.667. The Hall–Kier alpha value is -1.45. The van der Waals surface area contributed by atoms with Gasteiger partial charge in [-0.05, 0) is 32.8 Å². The SMILES string of the molecule is CCN(C(=O)c1cc(N)cn1CC)C1CCCCC1. The van der Waals surface area contributed by atoms with Crippen molar-refractivity contribution in [3.05, 3.63) is 18.0 Å². The zero-order chi connectivity index (χ0) is 13.8. The molecule has 0 radical (unpaired) electrons. The van der Waals surface area contributed by atoms with E-state index in [2.05, 4.69) is 6.92 Å². The van der Waals surface area contributed by atoms with Crippen LogP contribution in [0.15, 0.2) is 12.3 Å². The molecular formula is C15H25N3O. The number of aromatic nitrogens is 1. The second kappa shape index (κ2) is 6.13. The van der Waals surface area contributed by atoms with Gasteiger partial charge in [0.25, 0.3) is 5.91 Å². The minimum absolute atomic E-state index is 0.132. The third-order valence-corrected chi connectivity index (χ3v) is 4.09. The van der Waals surface area contributed by atoms with Gasteiger partial charge in [-0.1, -0.05) is 19.3 Å². The summed E-state index contributed by atoms with van der Waals surface area (Å²) in [5, 5.41) is 0. The molecule has 4 nitrogen and oxygen atoms in total. The van der Waals surface area contributed by atoms with Crippen molar-refractivity contribution < 1.29 is 4.79 Å². The first-order chi connectivity index (χ1) is 9.17. The Kier molecular flexibility index (Phi) is 4.51. The van der Waals surface area contributed by atoms with Gasteiger partial charge in [-0.2, -0.15) is 0 Å². The number of carbonyl (C=O) groups is 1. The van der Waals surface area contributed by atoms with Crippen LogP contribution >= 0.6 is 0 Å². The molecule has 1 amide bonds. The first kappa shape index (κ1) is 14.0. The van der Waals surface area contributed by atoms with Crippen molar-refractivity contribution in [2.75, 3.05) is 12.3 Å². The molecule has 0 aromatic carbocycles. The maximum absolute atomic E-state index is 12.7. The smallest absolute Gasteiger partial charge is 0.270 e. The largest absolute Gasteiger partial charge is 0.397 e. The van der Waals surface area contributed by atoms with E-state index in [4.69, 9.17) is 5.73 Å². The van der Waals surface area contributed by atoms with E-state index in [1.807, 2.05) is 22.6 Å². The van der Waals surface area contributed by atoms with Gasteiger partial charge in [0.2, 0.25) is 0 Å². The van der Waals surface area contributed by atoms with E-state index in [1.54, 1.807) is 6.07 Å². The van der Waals surface area contributed by atoms with E-state index in [1.165, 1.54) is 19.3 Å². The van der Waals surface area contributed by atoms with Crippen LogP contribution in [0.4, 0.5) is 5.69 Å². The van der Waals surface area contributed by atoms with Crippen LogP contribution < -0.4 is 5.73 Å². The highest BCUT2D eigenvalue weighted by atomic mass is 16.2. The first-order valence-corrected chi connectivity index (χ1v) is 7.44. The molecule has 19 heavy (non-hydrogen) atoms. The lowest BCUT2D eigenvalue weighted by Crippen LogP contribution is -2.42. The van der Waals surface area contributed by atoms with Gasteiger partial charge in [0.1, 0.15) is 5.69 Å². The van der Waals surface area contributed by atoms with Crippen LogP contribution in [-0.4, -0.2) is 28.0 Å². The molecule has 1 aliphatic carbocycles. The molecule has 1 fully saturated rings. The van der Waals surface area contributed by atoms with E-state index < -0.39 is 0 Å². The standard InChI is InChI=1S/C15H25N3O/c1-3-17-11-12(16)10-14(17)15(19)18(4-2)13-8-6-5-7-9-13/h10-11,13H,3-9,16H2,1-2H3. The minimum atomic E-state index is 0.132. The van der Waals surface area contributed by atoms with Crippen molar-refractivity contribution in [1.29, 1.82) is 0 Å². The summed E-state index contributed by atoms with van der Waals surface area (Å²) in [7, 11) is 0. The molecule has 106 valence electrons. The van der Waals surface area contributed by atoms with Crippen molar-refractivity contribution in [3.8, 4) is 0 Å². The summed E-state index contributed by atoms with van der Waals surface area (Å²) in [5.41, 5.74) is 7.22. The minimum Gasteiger partial charge on any atom is -0.397 e. The third kappa shape index (κ3) is 2.94. The van der Waals surface area contributed by atoms with Crippen LogP contribution in [0.1, 0.15) is 56.4 Å². The van der Waals surface area contributed by atoms with Gasteiger partial charge in [0.15, 0.2) is 0 Å². The summed E-state index contributed by atoms with van der Waals surface area (Å²) < 4.78 is 1.95. The Morgan fingerprint density at radius 3 is 2.63 bits per heavy atom. The molecule has 1 aliphatic rings. The average Bonchev–Trinajstić information content (AvgIpc) is 2.82. The number of nitrogens with zero attached hydrogens (tertiary/aromatic N) is 2. The van der Waals surface area contributed by atoms with Crippen LogP contribution in [0.25, 0.3) is 0 Å². The van der Waals surface area contributed by atoms with Crippen LogP contribution in [0, 0.1) is 0 Å². The molecule has 2 N–H and O–H groups in total. The fourth-order valence-corrected chi connectivity index (χ4v) is 3.08. The highest BCUT2D eigenvalue weighted by molar-refractivity contribution is 5.94. The molecule has 4 heteroatoms. The number of nitrogen functional groups attached to an aromatic ring is 1. The number of carbonyl (C=O) groups excluding carboxylic acids is 1. The summed E-state index contributed by atoms with van der Waals surface area (Å²) >= 11 is 0. The number of amides is 1. The van der Waals surface area contributed by atoms with Crippen LogP contribution in [0.3, 0.4) is 0 Å². The second-order valence-corrected chi connectivity index (χ2v) is 5.33. The maximum atomic E-state index is 12.7. The molecule has 1 saturated carbocycles. The van der Waals surface area contributed by atoms with Gasteiger partial charge in [0.05, 0.1) is 5.69 Å². The fourth-order valence-electron chi connectivity index (χ4n) is 3.08. The van der Waals surface area contributed by atoms with Crippen LogP contribution in [0.2, 0.25) is 0 Å². The monoisotopic (exact) mass is 263 g/mol. The molecule has 0 atom stereocenters. The Morgan fingerprint density at radius 1 is 1.37 bits per heavy atom. The quantitative estimate of drug-likeness (QED) is 0.908. The second-order valence-electron chi connectivity index (χ2n) is 5.33. The lowest BCUT2D eigenvalue weighted by Gasteiger charge is -2.33. The molecule has 0 bridgehead atoms. The Labute approximate surface area is 115 Å². The number of aryl methyl sites for hydroxylation is 1. The van der Waals surface area contributed by atoms with Crippen molar-refractivity contribution in [3.63, 3.8) is 0 Å². The Bertz CT molecular complexity index is 433. The van der Waals surface area contributed by atoms with Gasteiger partial charge in [-0.3, -0.25) is 4.79 Å². The summed E-state index contributed by atoms with van der Waals surface area (Å²) in [4.78, 5) is 14.7. The topological polar surface area (TPSA) is 51.3 Å². The van der Waals surface area contributed by atoms with Gasteiger partial charge in [-0.25, -0.2) is 0 Å². The summed E-state index contributed by atoms with van der Waals surface area (Å²) in [6.07, 6.45) is 7.92. The van der Waals surface area contributed by atoms with Crippen LogP contribution in [-0.2, 0) is 6.54 Å². The zero-order valence-corrected chi connectivity index (χ0v) is 12.1. The number of hydrogen-bond donors (Lipinski definition) is 1. The Morgan fingerprint density at radius 2 is 2.05 bits per heavy atom. The van der Waals surface area contributed by atoms with E-state index in [-0.39, 0.29) is 5.91 Å². The molecule has 0 spiro atoms. The zero-order valence-electron chi connectivity index (χ0n) is 12.1. The van der Waals surface area contributed by atoms with Gasteiger partial charge in [0, 0.05) is 25.3 Å². The number of hydrogen-bond acceptors (Lipinski definition) is 2. The number of nitrogens with two attached hydrogens (primary N) is 1. The lowest BCUT2D eigenvalue weighted by atomic mass is 9.94. The van der Waals surface area contributed by atoms with Gasteiger partial charge < -0.3 is 15.2 Å². The predicted octanol–water partition coefficient (Wildman–Crippen LogP) is 2.89. The van der Waals surface area contributed by atoms with Crippen LogP contribution in [0.5, 0.6) is 0 Å². The molecule has 0 aliphatic heterocycles. The normalized spacial score (nSPS) is 16.5. The first-order valence-electron chi connectivity index (χ1n) is 7.44. The number of rotatable bonds is 4. The molecule has 2 rings (SSSR count). The van der Waals surface area contributed by atoms with Crippen molar-refractivity contribution >= 4 is 11.6 Å². The lowest BCUT2D eigenvalue weighted by molar-refractivity contribution is 0.0637. The molecule has 0 unspecified atom stereocenters. The summed E-state index contributed by atoms with van der Waals surface area (Å²) in [6.45, 7) is 5.65.